The minimum Gasteiger partial charge on any atom is -0.507 e. The molecule has 0 saturated heterocycles. The second-order valence-corrected chi connectivity index (χ2v) is 8.09. The van der Waals surface area contributed by atoms with Crippen molar-refractivity contribution >= 4 is 27.8 Å². The summed E-state index contributed by atoms with van der Waals surface area (Å²) >= 11 is 3.52. The third kappa shape index (κ3) is 5.73. The number of hydrogen-bond donors (Lipinski definition) is 1. The molecule has 2 aromatic rings. The molecule has 0 heterocycles. The quantitative estimate of drug-likeness (QED) is 0.316. The van der Waals surface area contributed by atoms with Crippen LogP contribution in [-0.2, 0) is 5.41 Å². The first-order chi connectivity index (χ1) is 12.3. The van der Waals surface area contributed by atoms with E-state index in [0.29, 0.717) is 12.2 Å². The van der Waals surface area contributed by atoms with Gasteiger partial charge in [-0.15, -0.1) is 6.58 Å². The topological polar surface area (TPSA) is 41.8 Å². The number of phenolic OH excluding ortho intramolecular Hbond substituents is 1. The van der Waals surface area contributed by atoms with Gasteiger partial charge in [0.15, 0.2) is 0 Å². The van der Waals surface area contributed by atoms with Crippen molar-refractivity contribution in [3.63, 3.8) is 0 Å². The lowest BCUT2D eigenvalue weighted by atomic mass is 9.85. The van der Waals surface area contributed by atoms with Crippen LogP contribution in [0.2, 0.25) is 0 Å². The van der Waals surface area contributed by atoms with Gasteiger partial charge in [0, 0.05) is 21.8 Å². The van der Waals surface area contributed by atoms with Crippen LogP contribution in [0.15, 0.2) is 58.5 Å². The normalized spacial score (nSPS) is 11.7. The molecule has 0 radical (unpaired) electrons. The van der Waals surface area contributed by atoms with E-state index in [1.807, 2.05) is 42.5 Å². The Kier molecular flexibility index (Phi) is 7.04. The van der Waals surface area contributed by atoms with Crippen molar-refractivity contribution in [2.45, 2.75) is 39.0 Å². The Balaban J connectivity index is 2.12. The number of aliphatic imine (C=N–C) groups is 1. The van der Waals surface area contributed by atoms with E-state index in [0.717, 1.165) is 34.3 Å². The fourth-order valence-corrected chi connectivity index (χ4v) is 2.96. The van der Waals surface area contributed by atoms with Crippen LogP contribution in [-0.4, -0.2) is 17.9 Å². The van der Waals surface area contributed by atoms with Crippen LogP contribution >= 0.6 is 15.9 Å². The number of hydrogen-bond acceptors (Lipinski definition) is 3. The van der Waals surface area contributed by atoms with E-state index in [1.165, 1.54) is 0 Å². The number of phenols is 1. The third-order valence-corrected chi connectivity index (χ3v) is 4.38. The lowest BCUT2D eigenvalue weighted by Gasteiger charge is -2.21. The van der Waals surface area contributed by atoms with Crippen LogP contribution in [0.25, 0.3) is 0 Å². The second kappa shape index (κ2) is 9.04. The maximum atomic E-state index is 10.6. The van der Waals surface area contributed by atoms with Gasteiger partial charge in [-0.25, -0.2) is 0 Å². The highest BCUT2D eigenvalue weighted by molar-refractivity contribution is 9.10. The van der Waals surface area contributed by atoms with Gasteiger partial charge in [0.05, 0.1) is 12.3 Å². The number of benzene rings is 2. The van der Waals surface area contributed by atoms with E-state index < -0.39 is 0 Å². The summed E-state index contributed by atoms with van der Waals surface area (Å²) in [6, 6.07) is 11.4. The van der Waals surface area contributed by atoms with Gasteiger partial charge in [-0.05, 0) is 54.7 Å². The van der Waals surface area contributed by atoms with Crippen molar-refractivity contribution < 1.29 is 9.84 Å². The van der Waals surface area contributed by atoms with Gasteiger partial charge in [0.2, 0.25) is 0 Å². The third-order valence-electron chi connectivity index (χ3n) is 3.92. The lowest BCUT2D eigenvalue weighted by molar-refractivity contribution is 0.312. The molecular formula is C22H26BrNO2. The SMILES string of the molecule is C=CCCCOc1ccc(N=Cc2cc(Br)cc(C(C)(C)C)c2O)cc1. The molecule has 0 saturated carbocycles. The fraction of sp³-hybridized carbons (Fsp3) is 0.318. The zero-order chi connectivity index (χ0) is 19.2. The molecule has 0 fully saturated rings. The maximum Gasteiger partial charge on any atom is 0.128 e. The summed E-state index contributed by atoms with van der Waals surface area (Å²) in [5, 5.41) is 10.6. The van der Waals surface area contributed by atoms with Gasteiger partial charge in [-0.1, -0.05) is 42.8 Å². The van der Waals surface area contributed by atoms with Crippen molar-refractivity contribution in [3.05, 3.63) is 64.7 Å². The number of unbranched alkanes of at least 4 members (excludes halogenated alkanes) is 1. The highest BCUT2D eigenvalue weighted by Gasteiger charge is 2.20. The molecule has 26 heavy (non-hydrogen) atoms. The van der Waals surface area contributed by atoms with Crippen molar-refractivity contribution in [2.75, 3.05) is 6.61 Å². The predicted molar refractivity (Wildman–Crippen MR) is 113 cm³/mol. The van der Waals surface area contributed by atoms with E-state index in [2.05, 4.69) is 48.3 Å². The van der Waals surface area contributed by atoms with E-state index >= 15 is 0 Å². The molecule has 138 valence electrons. The molecule has 4 heteroatoms. The molecule has 0 aliphatic rings. The van der Waals surface area contributed by atoms with Gasteiger partial charge in [-0.3, -0.25) is 4.99 Å². The van der Waals surface area contributed by atoms with Crippen molar-refractivity contribution in [1.82, 2.24) is 0 Å². The summed E-state index contributed by atoms with van der Waals surface area (Å²) in [6.07, 6.45) is 5.50. The summed E-state index contributed by atoms with van der Waals surface area (Å²) in [5.41, 5.74) is 2.23. The average molecular weight is 416 g/mol. The predicted octanol–water partition coefficient (Wildman–Crippen LogP) is 6.55. The van der Waals surface area contributed by atoms with Gasteiger partial charge >= 0.3 is 0 Å². The first-order valence-electron chi connectivity index (χ1n) is 8.72. The zero-order valence-corrected chi connectivity index (χ0v) is 17.2. The van der Waals surface area contributed by atoms with E-state index in [1.54, 1.807) is 6.21 Å². The fourth-order valence-electron chi connectivity index (χ4n) is 2.48. The Labute approximate surface area is 164 Å². The van der Waals surface area contributed by atoms with Gasteiger partial charge in [0.1, 0.15) is 11.5 Å². The Bertz CT molecular complexity index is 774. The smallest absolute Gasteiger partial charge is 0.128 e. The molecule has 0 atom stereocenters. The minimum absolute atomic E-state index is 0.152. The molecule has 0 aromatic heterocycles. The van der Waals surface area contributed by atoms with Crippen molar-refractivity contribution in [2.24, 2.45) is 4.99 Å². The molecule has 0 bridgehead atoms. The maximum absolute atomic E-state index is 10.6. The Morgan fingerprint density at radius 1 is 1.19 bits per heavy atom. The average Bonchev–Trinajstić information content (AvgIpc) is 2.59. The van der Waals surface area contributed by atoms with Gasteiger partial charge < -0.3 is 9.84 Å². The van der Waals surface area contributed by atoms with Crippen LogP contribution in [0.5, 0.6) is 11.5 Å². The van der Waals surface area contributed by atoms with Crippen LogP contribution in [0.1, 0.15) is 44.7 Å². The van der Waals surface area contributed by atoms with Gasteiger partial charge in [0.25, 0.3) is 0 Å². The number of nitrogens with zero attached hydrogens (tertiary/aromatic N) is 1. The standard InChI is InChI=1S/C22H26BrNO2/c1-5-6-7-12-26-19-10-8-18(9-11-19)24-15-16-13-17(23)14-20(21(16)25)22(2,3)4/h5,8-11,13-15,25H,1,6-7,12H2,2-4H3. The minimum atomic E-state index is -0.152. The lowest BCUT2D eigenvalue weighted by Crippen LogP contribution is -2.12. The highest BCUT2D eigenvalue weighted by atomic mass is 79.9. The Morgan fingerprint density at radius 3 is 2.50 bits per heavy atom. The zero-order valence-electron chi connectivity index (χ0n) is 15.6. The number of ether oxygens (including phenoxy) is 1. The molecule has 1 N–H and O–H groups in total. The summed E-state index contributed by atoms with van der Waals surface area (Å²) in [4.78, 5) is 4.48. The summed E-state index contributed by atoms with van der Waals surface area (Å²) in [5.74, 6) is 1.10. The molecule has 2 rings (SSSR count). The molecule has 3 nitrogen and oxygen atoms in total. The monoisotopic (exact) mass is 415 g/mol. The molecule has 0 aliphatic heterocycles. The molecular weight excluding hydrogens is 390 g/mol. The van der Waals surface area contributed by atoms with Crippen LogP contribution in [0.3, 0.4) is 0 Å². The van der Waals surface area contributed by atoms with E-state index in [-0.39, 0.29) is 11.2 Å². The van der Waals surface area contributed by atoms with Crippen LogP contribution < -0.4 is 4.74 Å². The number of halogens is 1. The highest BCUT2D eigenvalue weighted by Crippen LogP contribution is 2.35. The van der Waals surface area contributed by atoms with Crippen LogP contribution in [0, 0.1) is 0 Å². The number of rotatable bonds is 7. The summed E-state index contributed by atoms with van der Waals surface area (Å²) in [6.45, 7) is 10.6. The number of aromatic hydroxyl groups is 1. The van der Waals surface area contributed by atoms with Crippen molar-refractivity contribution in [1.29, 1.82) is 0 Å². The second-order valence-electron chi connectivity index (χ2n) is 7.17. The Morgan fingerprint density at radius 2 is 1.88 bits per heavy atom. The molecule has 0 spiro atoms. The molecule has 0 unspecified atom stereocenters. The molecule has 2 aromatic carbocycles. The van der Waals surface area contributed by atoms with Gasteiger partial charge in [-0.2, -0.15) is 0 Å². The van der Waals surface area contributed by atoms with Crippen molar-refractivity contribution in [3.8, 4) is 11.5 Å². The number of allylic oxidation sites excluding steroid dienone is 1. The summed E-state index contributed by atoms with van der Waals surface area (Å²) in [7, 11) is 0. The molecule has 0 amide bonds. The Hall–Kier alpha value is -2.07. The first-order valence-corrected chi connectivity index (χ1v) is 9.51. The first kappa shape index (κ1) is 20.2. The van der Waals surface area contributed by atoms with E-state index in [9.17, 15) is 5.11 Å². The largest absolute Gasteiger partial charge is 0.507 e. The van der Waals surface area contributed by atoms with E-state index in [4.69, 9.17) is 4.74 Å². The van der Waals surface area contributed by atoms with Crippen LogP contribution in [0.4, 0.5) is 5.69 Å². The molecule has 0 aliphatic carbocycles. The summed E-state index contributed by atoms with van der Waals surface area (Å²) < 4.78 is 6.59.